The first-order valence-electron chi connectivity index (χ1n) is 7.31. The van der Waals surface area contributed by atoms with Crippen LogP contribution in [0.2, 0.25) is 0 Å². The Kier molecular flexibility index (Phi) is 5.14. The Morgan fingerprint density at radius 2 is 1.92 bits per heavy atom. The predicted octanol–water partition coefficient (Wildman–Crippen LogP) is 0.892. The number of fused-ring (bicyclic) bond motifs is 1. The van der Waals surface area contributed by atoms with E-state index in [2.05, 4.69) is 10.9 Å². The van der Waals surface area contributed by atoms with Crippen molar-refractivity contribution in [2.75, 3.05) is 13.2 Å². The maximum absolute atomic E-state index is 11.9. The van der Waals surface area contributed by atoms with E-state index in [0.29, 0.717) is 16.4 Å². The third-order valence-electron chi connectivity index (χ3n) is 3.18. The van der Waals surface area contributed by atoms with Crippen molar-refractivity contribution >= 4 is 29.1 Å². The summed E-state index contributed by atoms with van der Waals surface area (Å²) in [5.41, 5.74) is 4.39. The minimum absolute atomic E-state index is 0.00736. The number of nitrogens with one attached hydrogen (secondary N) is 2. The SMILES string of the molecule is O=C(COC(=O)C1COc2ccccc2O1)NNC(=O)c1cccs1. The monoisotopic (exact) mass is 362 g/mol. The molecule has 130 valence electrons. The van der Waals surface area contributed by atoms with E-state index >= 15 is 0 Å². The highest BCUT2D eigenvalue weighted by atomic mass is 32.1. The van der Waals surface area contributed by atoms with Gasteiger partial charge in [-0.3, -0.25) is 20.4 Å². The van der Waals surface area contributed by atoms with Gasteiger partial charge in [-0.05, 0) is 23.6 Å². The average Bonchev–Trinajstić information content (AvgIpc) is 3.18. The molecule has 0 radical (unpaired) electrons. The topological polar surface area (TPSA) is 103 Å². The van der Waals surface area contributed by atoms with Crippen LogP contribution in [0.3, 0.4) is 0 Å². The maximum Gasteiger partial charge on any atom is 0.351 e. The largest absolute Gasteiger partial charge is 0.485 e. The molecular formula is C16H14N2O6S. The number of hydrogen-bond donors (Lipinski definition) is 2. The number of carbonyl (C=O) groups excluding carboxylic acids is 3. The Morgan fingerprint density at radius 3 is 2.68 bits per heavy atom. The van der Waals surface area contributed by atoms with E-state index in [1.54, 1.807) is 41.8 Å². The number of hydrazine groups is 1. The second kappa shape index (κ2) is 7.67. The van der Waals surface area contributed by atoms with Gasteiger partial charge in [0.05, 0.1) is 4.88 Å². The average molecular weight is 362 g/mol. The second-order valence-electron chi connectivity index (χ2n) is 4.95. The van der Waals surface area contributed by atoms with Crippen LogP contribution < -0.4 is 20.3 Å². The van der Waals surface area contributed by atoms with Gasteiger partial charge in [0, 0.05) is 0 Å². The fraction of sp³-hybridized carbons (Fsp3) is 0.188. The number of hydrogen-bond acceptors (Lipinski definition) is 7. The molecule has 2 heterocycles. The Bertz CT molecular complexity index is 777. The van der Waals surface area contributed by atoms with Gasteiger partial charge in [-0.15, -0.1) is 11.3 Å². The summed E-state index contributed by atoms with van der Waals surface area (Å²) in [7, 11) is 0. The van der Waals surface area contributed by atoms with Crippen molar-refractivity contribution < 1.29 is 28.6 Å². The van der Waals surface area contributed by atoms with E-state index in [1.807, 2.05) is 0 Å². The number of thiophene rings is 1. The molecule has 9 heteroatoms. The molecule has 0 saturated carbocycles. The molecule has 1 aromatic heterocycles. The predicted molar refractivity (Wildman–Crippen MR) is 87.2 cm³/mol. The van der Waals surface area contributed by atoms with Crippen LogP contribution in [0.5, 0.6) is 11.5 Å². The normalized spacial score (nSPS) is 15.1. The molecule has 0 bridgehead atoms. The lowest BCUT2D eigenvalue weighted by molar-refractivity contribution is -0.157. The number of esters is 1. The maximum atomic E-state index is 11.9. The quantitative estimate of drug-likeness (QED) is 0.619. The molecule has 0 aliphatic carbocycles. The van der Waals surface area contributed by atoms with Crippen LogP contribution in [-0.2, 0) is 14.3 Å². The fourth-order valence-electron chi connectivity index (χ4n) is 2.00. The second-order valence-corrected chi connectivity index (χ2v) is 5.90. The van der Waals surface area contributed by atoms with Gasteiger partial charge in [0.1, 0.15) is 6.61 Å². The van der Waals surface area contributed by atoms with Crippen LogP contribution in [0.25, 0.3) is 0 Å². The highest BCUT2D eigenvalue weighted by Gasteiger charge is 2.29. The summed E-state index contributed by atoms with van der Waals surface area (Å²) < 4.78 is 15.8. The molecule has 1 atom stereocenters. The summed E-state index contributed by atoms with van der Waals surface area (Å²) in [6, 6.07) is 10.3. The van der Waals surface area contributed by atoms with Gasteiger partial charge in [0.2, 0.25) is 6.10 Å². The third kappa shape index (κ3) is 4.27. The number of amides is 2. The first-order valence-corrected chi connectivity index (χ1v) is 8.19. The molecule has 0 spiro atoms. The zero-order valence-corrected chi connectivity index (χ0v) is 13.7. The van der Waals surface area contributed by atoms with Crippen molar-refractivity contribution in [3.63, 3.8) is 0 Å². The summed E-state index contributed by atoms with van der Waals surface area (Å²) in [6.45, 7) is -0.558. The fourth-order valence-corrected chi connectivity index (χ4v) is 2.62. The molecule has 3 rings (SSSR count). The molecule has 25 heavy (non-hydrogen) atoms. The highest BCUT2D eigenvalue weighted by Crippen LogP contribution is 2.31. The van der Waals surface area contributed by atoms with E-state index in [1.165, 1.54) is 11.3 Å². The minimum atomic E-state index is -0.955. The zero-order valence-electron chi connectivity index (χ0n) is 12.9. The van der Waals surface area contributed by atoms with Crippen molar-refractivity contribution in [1.82, 2.24) is 10.9 Å². The summed E-state index contributed by atoms with van der Waals surface area (Å²) in [5.74, 6) is -0.871. The van der Waals surface area contributed by atoms with Crippen molar-refractivity contribution in [3.8, 4) is 11.5 Å². The molecule has 1 aliphatic rings. The lowest BCUT2D eigenvalue weighted by atomic mass is 10.2. The summed E-state index contributed by atoms with van der Waals surface area (Å²) in [5, 5.41) is 1.74. The molecule has 2 aromatic rings. The molecule has 1 aromatic carbocycles. The van der Waals surface area contributed by atoms with Crippen LogP contribution >= 0.6 is 11.3 Å². The Morgan fingerprint density at radius 1 is 1.12 bits per heavy atom. The van der Waals surface area contributed by atoms with Crippen molar-refractivity contribution in [2.45, 2.75) is 6.10 Å². The van der Waals surface area contributed by atoms with Gasteiger partial charge >= 0.3 is 5.97 Å². The molecule has 1 aliphatic heterocycles. The highest BCUT2D eigenvalue weighted by molar-refractivity contribution is 7.12. The number of carbonyl (C=O) groups is 3. The Hall–Kier alpha value is -3.07. The number of para-hydroxylation sites is 2. The van der Waals surface area contributed by atoms with E-state index in [4.69, 9.17) is 14.2 Å². The van der Waals surface area contributed by atoms with Crippen molar-refractivity contribution in [1.29, 1.82) is 0 Å². The molecule has 1 unspecified atom stereocenters. The lowest BCUT2D eigenvalue weighted by Gasteiger charge is -2.24. The van der Waals surface area contributed by atoms with Gasteiger partial charge in [0.25, 0.3) is 11.8 Å². The van der Waals surface area contributed by atoms with Crippen LogP contribution in [-0.4, -0.2) is 37.1 Å². The van der Waals surface area contributed by atoms with Crippen LogP contribution in [0.15, 0.2) is 41.8 Å². The van der Waals surface area contributed by atoms with Gasteiger partial charge in [-0.25, -0.2) is 4.79 Å². The van der Waals surface area contributed by atoms with Gasteiger partial charge in [0.15, 0.2) is 18.1 Å². The van der Waals surface area contributed by atoms with Crippen LogP contribution in [0, 0.1) is 0 Å². The Balaban J connectivity index is 1.42. The van der Waals surface area contributed by atoms with Gasteiger partial charge < -0.3 is 14.2 Å². The Labute approximate surface area is 146 Å². The molecule has 8 nitrogen and oxygen atoms in total. The van der Waals surface area contributed by atoms with E-state index in [-0.39, 0.29) is 6.61 Å². The number of benzene rings is 1. The molecule has 2 N–H and O–H groups in total. The van der Waals surface area contributed by atoms with Crippen LogP contribution in [0.4, 0.5) is 0 Å². The van der Waals surface area contributed by atoms with Gasteiger partial charge in [-0.1, -0.05) is 18.2 Å². The van der Waals surface area contributed by atoms with Gasteiger partial charge in [-0.2, -0.15) is 0 Å². The lowest BCUT2D eigenvalue weighted by Crippen LogP contribution is -2.44. The molecule has 2 amide bonds. The number of rotatable bonds is 4. The molecular weight excluding hydrogens is 348 g/mol. The first kappa shape index (κ1) is 16.8. The van der Waals surface area contributed by atoms with E-state index in [9.17, 15) is 14.4 Å². The molecule has 0 fully saturated rings. The molecule has 0 saturated heterocycles. The summed E-state index contributed by atoms with van der Waals surface area (Å²) in [6.07, 6.45) is -0.955. The van der Waals surface area contributed by atoms with Crippen LogP contribution in [0.1, 0.15) is 9.67 Å². The zero-order chi connectivity index (χ0) is 17.6. The number of ether oxygens (including phenoxy) is 3. The van der Waals surface area contributed by atoms with E-state index < -0.39 is 30.5 Å². The van der Waals surface area contributed by atoms with Crippen molar-refractivity contribution in [2.24, 2.45) is 0 Å². The van der Waals surface area contributed by atoms with E-state index in [0.717, 1.165) is 0 Å². The summed E-state index contributed by atoms with van der Waals surface area (Å²) in [4.78, 5) is 35.7. The standard InChI is InChI=1S/C16H14N2O6S/c19-14(17-18-15(20)13-6-3-7-25-13)9-23-16(21)12-8-22-10-4-1-2-5-11(10)24-12/h1-7,12H,8-9H2,(H,17,19)(H,18,20). The smallest absolute Gasteiger partial charge is 0.351 e. The minimum Gasteiger partial charge on any atom is -0.485 e. The first-order chi connectivity index (χ1) is 12.1. The third-order valence-corrected chi connectivity index (χ3v) is 4.05. The van der Waals surface area contributed by atoms with Crippen molar-refractivity contribution in [3.05, 3.63) is 46.7 Å². The summed E-state index contributed by atoms with van der Waals surface area (Å²) >= 11 is 1.24.